The van der Waals surface area contributed by atoms with Crippen LogP contribution in [0, 0.1) is 15.3 Å². The van der Waals surface area contributed by atoms with E-state index in [1.807, 2.05) is 25.8 Å². The molecule has 21 heavy (non-hydrogen) atoms. The fourth-order valence-corrected chi connectivity index (χ4v) is 3.68. The van der Waals surface area contributed by atoms with Crippen molar-refractivity contribution in [3.63, 3.8) is 0 Å². The molecule has 0 bridgehead atoms. The van der Waals surface area contributed by atoms with Gasteiger partial charge in [-0.25, -0.2) is 0 Å². The first-order chi connectivity index (χ1) is 9.73. The van der Waals surface area contributed by atoms with Crippen molar-refractivity contribution in [2.45, 2.75) is 24.8 Å². The fraction of sp³-hybridized carbons (Fsp3) is 0.385. The Balaban J connectivity index is 2.25. The molecule has 1 aliphatic heterocycles. The van der Waals surface area contributed by atoms with E-state index < -0.39 is 4.92 Å². The van der Waals surface area contributed by atoms with Crippen LogP contribution in [0.1, 0.15) is 19.4 Å². The van der Waals surface area contributed by atoms with E-state index in [-0.39, 0.29) is 16.6 Å². The van der Waals surface area contributed by atoms with Crippen molar-refractivity contribution in [1.29, 1.82) is 0 Å². The zero-order valence-electron chi connectivity index (χ0n) is 11.8. The standard InChI is InChI=1S/C13H15N3O3S2/c1-13(2)11(21-12(20)14(13)3)15(17)8-9-4-6-10(7-5-9)16(18)19/h4-8,11H,1-3H3/b15-8-/t11-/m0/s1. The summed E-state index contributed by atoms with van der Waals surface area (Å²) in [5.41, 5.74) is 0.231. The lowest BCUT2D eigenvalue weighted by Crippen LogP contribution is -2.47. The Kier molecular flexibility index (Phi) is 4.20. The predicted molar refractivity (Wildman–Crippen MR) is 87.7 cm³/mol. The number of rotatable bonds is 3. The Hall–Kier alpha value is -1.67. The highest BCUT2D eigenvalue weighted by Crippen LogP contribution is 2.38. The number of hydrogen-bond acceptors (Lipinski definition) is 5. The molecular weight excluding hydrogens is 310 g/mol. The van der Waals surface area contributed by atoms with Crippen LogP contribution in [0.5, 0.6) is 0 Å². The number of thioether (sulfide) groups is 1. The van der Waals surface area contributed by atoms with Gasteiger partial charge < -0.3 is 10.1 Å². The van der Waals surface area contributed by atoms with Gasteiger partial charge in [-0.2, -0.15) is 4.74 Å². The molecule has 0 saturated carbocycles. The lowest BCUT2D eigenvalue weighted by molar-refractivity contribution is -0.480. The van der Waals surface area contributed by atoms with Crippen molar-refractivity contribution in [2.75, 3.05) is 7.05 Å². The van der Waals surface area contributed by atoms with E-state index in [0.29, 0.717) is 9.88 Å². The molecule has 0 spiro atoms. The molecule has 1 atom stereocenters. The summed E-state index contributed by atoms with van der Waals surface area (Å²) in [7, 11) is 1.87. The number of likely N-dealkylation sites (N-methyl/N-ethyl adjacent to an activating group) is 1. The molecule has 0 aliphatic carbocycles. The van der Waals surface area contributed by atoms with E-state index in [2.05, 4.69) is 0 Å². The summed E-state index contributed by atoms with van der Waals surface area (Å²) < 4.78 is 1.55. The summed E-state index contributed by atoms with van der Waals surface area (Å²) in [6, 6.07) is 5.86. The number of benzene rings is 1. The van der Waals surface area contributed by atoms with Gasteiger partial charge in [-0.3, -0.25) is 10.1 Å². The quantitative estimate of drug-likeness (QED) is 0.212. The molecule has 8 heteroatoms. The number of hydroxylamine groups is 1. The summed E-state index contributed by atoms with van der Waals surface area (Å²) >= 11 is 6.58. The highest BCUT2D eigenvalue weighted by molar-refractivity contribution is 8.23. The van der Waals surface area contributed by atoms with Crippen LogP contribution in [0.2, 0.25) is 0 Å². The Labute approximate surface area is 132 Å². The second-order valence-corrected chi connectivity index (χ2v) is 7.00. The average molecular weight is 325 g/mol. The van der Waals surface area contributed by atoms with Gasteiger partial charge in [0, 0.05) is 24.7 Å². The number of nitrogens with zero attached hydrogens (tertiary/aromatic N) is 3. The first kappa shape index (κ1) is 15.7. The molecule has 1 aromatic carbocycles. The minimum Gasteiger partial charge on any atom is -0.623 e. The average Bonchev–Trinajstić information content (AvgIpc) is 2.63. The summed E-state index contributed by atoms with van der Waals surface area (Å²) in [5.74, 6) is 0. The van der Waals surface area contributed by atoms with Crippen molar-refractivity contribution in [3.8, 4) is 0 Å². The van der Waals surface area contributed by atoms with Crippen LogP contribution in [-0.4, -0.2) is 43.1 Å². The normalized spacial score (nSPS) is 21.7. The van der Waals surface area contributed by atoms with Crippen molar-refractivity contribution in [1.82, 2.24) is 4.90 Å². The number of nitro benzene ring substituents is 1. The van der Waals surface area contributed by atoms with E-state index in [4.69, 9.17) is 12.2 Å². The zero-order chi connectivity index (χ0) is 15.8. The maximum Gasteiger partial charge on any atom is 0.269 e. The zero-order valence-corrected chi connectivity index (χ0v) is 13.5. The van der Waals surface area contributed by atoms with Crippen molar-refractivity contribution >= 4 is 40.2 Å². The molecule has 1 aromatic rings. The van der Waals surface area contributed by atoms with E-state index in [1.54, 1.807) is 12.1 Å². The lowest BCUT2D eigenvalue weighted by atomic mass is 10.0. The molecule has 0 aromatic heterocycles. The van der Waals surface area contributed by atoms with Gasteiger partial charge in [0.1, 0.15) is 9.86 Å². The molecule has 112 valence electrons. The summed E-state index contributed by atoms with van der Waals surface area (Å²) in [6.45, 7) is 3.91. The van der Waals surface area contributed by atoms with Gasteiger partial charge in [0.25, 0.3) is 5.69 Å². The van der Waals surface area contributed by atoms with Gasteiger partial charge in [-0.15, -0.1) is 0 Å². The molecule has 2 rings (SSSR count). The second kappa shape index (κ2) is 5.61. The molecule has 6 nitrogen and oxygen atoms in total. The molecule has 1 saturated heterocycles. The third-order valence-corrected chi connectivity index (χ3v) is 5.61. The van der Waals surface area contributed by atoms with Gasteiger partial charge in [0.2, 0.25) is 5.37 Å². The van der Waals surface area contributed by atoms with E-state index in [0.717, 1.165) is 4.74 Å². The van der Waals surface area contributed by atoms with Crippen LogP contribution < -0.4 is 0 Å². The van der Waals surface area contributed by atoms with Crippen molar-refractivity contribution in [3.05, 3.63) is 45.2 Å². The summed E-state index contributed by atoms with van der Waals surface area (Å²) in [6.07, 6.45) is 1.44. The van der Waals surface area contributed by atoms with E-state index in [9.17, 15) is 15.3 Å². The first-order valence-corrected chi connectivity index (χ1v) is 7.51. The third kappa shape index (κ3) is 3.01. The predicted octanol–water partition coefficient (Wildman–Crippen LogP) is 2.59. The number of nitro groups is 1. The number of non-ortho nitro benzene ring substituents is 1. The topological polar surface area (TPSA) is 72.5 Å². The van der Waals surface area contributed by atoms with Gasteiger partial charge in [0.15, 0.2) is 6.21 Å². The Morgan fingerprint density at radius 1 is 1.33 bits per heavy atom. The van der Waals surface area contributed by atoms with Crippen LogP contribution in [-0.2, 0) is 0 Å². The van der Waals surface area contributed by atoms with Crippen LogP contribution in [0.4, 0.5) is 5.69 Å². The van der Waals surface area contributed by atoms with Crippen LogP contribution in [0.3, 0.4) is 0 Å². The Morgan fingerprint density at radius 2 is 1.90 bits per heavy atom. The van der Waals surface area contributed by atoms with E-state index in [1.165, 1.54) is 30.1 Å². The molecule has 1 fully saturated rings. The van der Waals surface area contributed by atoms with Crippen LogP contribution in [0.15, 0.2) is 24.3 Å². The van der Waals surface area contributed by atoms with Gasteiger partial charge in [-0.05, 0) is 37.7 Å². The largest absolute Gasteiger partial charge is 0.623 e. The SMILES string of the molecule is CN1C(=S)S[C@H](/[N+]([O-])=C/c2ccc([N+](=O)[O-])cc2)C1(C)C. The smallest absolute Gasteiger partial charge is 0.269 e. The highest BCUT2D eigenvalue weighted by Gasteiger charge is 2.48. The van der Waals surface area contributed by atoms with Gasteiger partial charge >= 0.3 is 0 Å². The molecule has 0 N–H and O–H groups in total. The van der Waals surface area contributed by atoms with Gasteiger partial charge in [0.05, 0.1) is 4.92 Å². The second-order valence-electron chi connectivity index (χ2n) is 5.29. The molecule has 0 amide bonds. The number of thiocarbonyl (C=S) groups is 1. The minimum absolute atomic E-state index is 0.00100. The fourth-order valence-electron chi connectivity index (χ4n) is 1.98. The van der Waals surface area contributed by atoms with Crippen molar-refractivity contribution < 1.29 is 9.66 Å². The maximum absolute atomic E-state index is 12.4. The highest BCUT2D eigenvalue weighted by atomic mass is 32.2. The first-order valence-electron chi connectivity index (χ1n) is 6.22. The molecule has 0 radical (unpaired) electrons. The molecular formula is C13H15N3O3S2. The summed E-state index contributed by atoms with van der Waals surface area (Å²) in [4.78, 5) is 12.0. The van der Waals surface area contributed by atoms with Crippen LogP contribution in [0.25, 0.3) is 0 Å². The molecule has 1 aliphatic rings. The monoisotopic (exact) mass is 325 g/mol. The minimum atomic E-state index is -0.470. The van der Waals surface area contributed by atoms with Crippen LogP contribution >= 0.6 is 24.0 Å². The third-order valence-electron chi connectivity index (χ3n) is 3.57. The van der Waals surface area contributed by atoms with Gasteiger partial charge in [-0.1, -0.05) is 12.2 Å². The lowest BCUT2D eigenvalue weighted by Gasteiger charge is -2.30. The summed E-state index contributed by atoms with van der Waals surface area (Å²) in [5, 5.41) is 22.6. The Morgan fingerprint density at radius 3 is 2.33 bits per heavy atom. The molecule has 1 heterocycles. The van der Waals surface area contributed by atoms with E-state index >= 15 is 0 Å². The van der Waals surface area contributed by atoms with Crippen molar-refractivity contribution in [2.24, 2.45) is 0 Å². The maximum atomic E-state index is 12.4. The molecule has 0 unspecified atom stereocenters. The Bertz CT molecular complexity index is 614. The number of hydrogen-bond donors (Lipinski definition) is 0.